The largest absolute Gasteiger partial charge is 0.480 e. The maximum Gasteiger partial charge on any atom is 0.328 e. The maximum absolute atomic E-state index is 11.6. The van der Waals surface area contributed by atoms with Crippen LogP contribution in [-0.2, 0) is 19.4 Å². The lowest BCUT2D eigenvalue weighted by atomic mass is 10.0. The highest BCUT2D eigenvalue weighted by Crippen LogP contribution is 2.19. The number of nitrogens with one attached hydrogen (secondary N) is 1. The number of rotatable bonds is 3. The van der Waals surface area contributed by atoms with Crippen LogP contribution in [0.15, 0.2) is 0 Å². The fourth-order valence-corrected chi connectivity index (χ4v) is 3.21. The van der Waals surface area contributed by atoms with Crippen LogP contribution in [0, 0.1) is 5.92 Å². The Kier molecular flexibility index (Phi) is 3.27. The molecule has 1 aliphatic heterocycles. The van der Waals surface area contributed by atoms with E-state index >= 15 is 0 Å². The monoisotopic (exact) mass is 249 g/mol. The zero-order valence-corrected chi connectivity index (χ0v) is 10.0. The Hall–Kier alpha value is -1.11. The molecule has 6 nitrogen and oxygen atoms in total. The second-order valence-electron chi connectivity index (χ2n) is 4.52. The average molecular weight is 249 g/mol. The summed E-state index contributed by atoms with van der Waals surface area (Å²) in [4.78, 5) is 22.4. The Morgan fingerprint density at radius 3 is 2.31 bits per heavy atom. The van der Waals surface area contributed by atoms with E-state index in [2.05, 4.69) is 5.32 Å². The highest BCUT2D eigenvalue weighted by molar-refractivity contribution is 7.91. The number of aliphatic carboxylic acids is 1. The van der Waals surface area contributed by atoms with Crippen LogP contribution in [-0.4, -0.2) is 42.4 Å². The molecular weight excluding hydrogens is 234 g/mol. The molecule has 1 amide bonds. The molecule has 1 fully saturated rings. The van der Waals surface area contributed by atoms with Crippen molar-refractivity contribution in [2.75, 3.05) is 11.5 Å². The van der Waals surface area contributed by atoms with Crippen molar-refractivity contribution in [3.63, 3.8) is 0 Å². The fraction of sp³-hybridized carbons (Fsp3) is 0.778. The smallest absolute Gasteiger partial charge is 0.328 e. The van der Waals surface area contributed by atoms with Crippen molar-refractivity contribution in [3.8, 4) is 0 Å². The topological polar surface area (TPSA) is 101 Å². The van der Waals surface area contributed by atoms with E-state index in [9.17, 15) is 18.0 Å². The average Bonchev–Trinajstić information content (AvgIpc) is 2.45. The molecule has 0 radical (unpaired) electrons. The Labute approximate surface area is 93.9 Å². The van der Waals surface area contributed by atoms with E-state index in [0.717, 1.165) is 0 Å². The number of hydrogen-bond donors (Lipinski definition) is 2. The van der Waals surface area contributed by atoms with Crippen LogP contribution >= 0.6 is 0 Å². The van der Waals surface area contributed by atoms with Crippen molar-refractivity contribution in [3.05, 3.63) is 0 Å². The van der Waals surface area contributed by atoms with Gasteiger partial charge in [-0.05, 0) is 20.3 Å². The molecule has 16 heavy (non-hydrogen) atoms. The minimum absolute atomic E-state index is 0.00140. The minimum atomic E-state index is -3.12. The van der Waals surface area contributed by atoms with Gasteiger partial charge in [0.1, 0.15) is 5.54 Å². The minimum Gasteiger partial charge on any atom is -0.480 e. The van der Waals surface area contributed by atoms with Crippen LogP contribution in [0.3, 0.4) is 0 Å². The number of sulfone groups is 1. The van der Waals surface area contributed by atoms with E-state index in [1.807, 2.05) is 0 Å². The molecule has 2 N–H and O–H groups in total. The molecule has 0 bridgehead atoms. The summed E-state index contributed by atoms with van der Waals surface area (Å²) in [6, 6.07) is 0. The van der Waals surface area contributed by atoms with Crippen LogP contribution in [0.4, 0.5) is 0 Å². The molecule has 0 aromatic heterocycles. The van der Waals surface area contributed by atoms with Gasteiger partial charge < -0.3 is 10.4 Å². The van der Waals surface area contributed by atoms with Crippen LogP contribution in [0.5, 0.6) is 0 Å². The Balaban J connectivity index is 2.65. The van der Waals surface area contributed by atoms with Crippen LogP contribution in [0.25, 0.3) is 0 Å². The first-order chi connectivity index (χ1) is 7.14. The molecule has 0 spiro atoms. The summed E-state index contributed by atoms with van der Waals surface area (Å²) in [5.41, 5.74) is -1.37. The summed E-state index contributed by atoms with van der Waals surface area (Å²) in [6.45, 7) is 2.72. The highest BCUT2D eigenvalue weighted by Gasteiger charge is 2.37. The molecule has 1 rings (SSSR count). The van der Waals surface area contributed by atoms with Crippen molar-refractivity contribution in [1.29, 1.82) is 0 Å². The van der Waals surface area contributed by atoms with Gasteiger partial charge in [-0.3, -0.25) is 4.79 Å². The standard InChI is InChI=1S/C9H15NO5S/c1-9(2,8(12)13)10-7(11)6-3-4-16(14,15)5-6/h6H,3-5H2,1-2H3,(H,10,11)(H,12,13). The second kappa shape index (κ2) is 4.04. The summed E-state index contributed by atoms with van der Waals surface area (Å²) in [7, 11) is -3.12. The number of hydrogen-bond acceptors (Lipinski definition) is 4. The second-order valence-corrected chi connectivity index (χ2v) is 6.75. The summed E-state index contributed by atoms with van der Waals surface area (Å²) in [5.74, 6) is -2.47. The predicted molar refractivity (Wildman–Crippen MR) is 56.6 cm³/mol. The van der Waals surface area contributed by atoms with Gasteiger partial charge in [0.25, 0.3) is 0 Å². The highest BCUT2D eigenvalue weighted by atomic mass is 32.2. The van der Waals surface area contributed by atoms with Crippen LogP contribution in [0.2, 0.25) is 0 Å². The van der Waals surface area contributed by atoms with Gasteiger partial charge in [-0.1, -0.05) is 0 Å². The molecule has 0 aliphatic carbocycles. The first-order valence-electron chi connectivity index (χ1n) is 4.90. The van der Waals surface area contributed by atoms with E-state index < -0.39 is 33.2 Å². The molecule has 0 aromatic carbocycles. The number of carbonyl (C=O) groups is 2. The SMILES string of the molecule is CC(C)(NC(=O)C1CCS(=O)(=O)C1)C(=O)O. The molecule has 0 aromatic rings. The molecule has 0 saturated carbocycles. The van der Waals surface area contributed by atoms with Gasteiger partial charge in [0.2, 0.25) is 5.91 Å². The quantitative estimate of drug-likeness (QED) is 0.695. The molecule has 7 heteroatoms. The number of carbonyl (C=O) groups excluding carboxylic acids is 1. The molecule has 1 atom stereocenters. The van der Waals surface area contributed by atoms with Gasteiger partial charge in [-0.2, -0.15) is 0 Å². The molecule has 92 valence electrons. The molecule has 1 unspecified atom stereocenters. The number of carboxylic acid groups (broad SMARTS) is 1. The predicted octanol–water partition coefficient (Wildman–Crippen LogP) is -0.599. The van der Waals surface area contributed by atoms with Gasteiger partial charge in [0.05, 0.1) is 17.4 Å². The van der Waals surface area contributed by atoms with E-state index in [1.54, 1.807) is 0 Å². The van der Waals surface area contributed by atoms with Gasteiger partial charge in [0.15, 0.2) is 9.84 Å². The molecule has 1 aliphatic rings. The fourth-order valence-electron chi connectivity index (χ4n) is 1.47. The molecule has 1 heterocycles. The summed E-state index contributed by atoms with van der Waals surface area (Å²) in [6.07, 6.45) is 0.268. The van der Waals surface area contributed by atoms with E-state index in [0.29, 0.717) is 0 Å². The van der Waals surface area contributed by atoms with Crippen molar-refractivity contribution in [1.82, 2.24) is 5.32 Å². The zero-order valence-electron chi connectivity index (χ0n) is 9.19. The number of carboxylic acids is 1. The van der Waals surface area contributed by atoms with Crippen LogP contribution < -0.4 is 5.32 Å². The van der Waals surface area contributed by atoms with Crippen molar-refractivity contribution < 1.29 is 23.1 Å². The van der Waals surface area contributed by atoms with Crippen molar-refractivity contribution >= 4 is 21.7 Å². The third kappa shape index (κ3) is 2.94. The summed E-state index contributed by atoms with van der Waals surface area (Å²) < 4.78 is 22.3. The third-order valence-electron chi connectivity index (χ3n) is 2.57. The van der Waals surface area contributed by atoms with Crippen molar-refractivity contribution in [2.45, 2.75) is 25.8 Å². The molecular formula is C9H15NO5S. The van der Waals surface area contributed by atoms with Gasteiger partial charge in [0, 0.05) is 0 Å². The lowest BCUT2D eigenvalue weighted by Gasteiger charge is -2.22. The van der Waals surface area contributed by atoms with E-state index in [1.165, 1.54) is 13.8 Å². The van der Waals surface area contributed by atoms with Gasteiger partial charge in [-0.15, -0.1) is 0 Å². The lowest BCUT2D eigenvalue weighted by Crippen LogP contribution is -2.51. The zero-order chi connectivity index (χ0) is 12.6. The van der Waals surface area contributed by atoms with Gasteiger partial charge >= 0.3 is 5.97 Å². The Morgan fingerprint density at radius 1 is 1.38 bits per heavy atom. The number of amides is 1. The van der Waals surface area contributed by atoms with Gasteiger partial charge in [-0.25, -0.2) is 13.2 Å². The molecule has 1 saturated heterocycles. The Morgan fingerprint density at radius 2 is 1.94 bits per heavy atom. The first kappa shape index (κ1) is 13.0. The van der Waals surface area contributed by atoms with E-state index in [4.69, 9.17) is 5.11 Å². The van der Waals surface area contributed by atoms with E-state index in [-0.39, 0.29) is 17.9 Å². The summed E-state index contributed by atoms with van der Waals surface area (Å²) in [5, 5.41) is 11.1. The maximum atomic E-state index is 11.6. The van der Waals surface area contributed by atoms with Crippen molar-refractivity contribution in [2.24, 2.45) is 5.92 Å². The lowest BCUT2D eigenvalue weighted by molar-refractivity contribution is -0.146. The first-order valence-corrected chi connectivity index (χ1v) is 6.72. The summed E-state index contributed by atoms with van der Waals surface area (Å²) >= 11 is 0. The normalized spacial score (nSPS) is 24.0. The Bertz CT molecular complexity index is 412. The van der Waals surface area contributed by atoms with Crippen LogP contribution in [0.1, 0.15) is 20.3 Å². The third-order valence-corrected chi connectivity index (χ3v) is 4.34.